The molecule has 3 rings (SSSR count). The van der Waals surface area contributed by atoms with E-state index in [0.29, 0.717) is 10.9 Å². The Bertz CT molecular complexity index is 720. The standard InChI is InChI=1S/C16H13BrFNS/c17-16-11(5-3-6-12(16)18)8-13(19)15-9-10-4-1-2-7-14(10)20-15/h1-7,9,13H,8,19H2. The molecule has 0 saturated carbocycles. The molecule has 2 aromatic carbocycles. The molecule has 0 bridgehead atoms. The Balaban J connectivity index is 1.89. The molecule has 1 atom stereocenters. The molecular weight excluding hydrogens is 337 g/mol. The van der Waals surface area contributed by atoms with Gasteiger partial charge in [0, 0.05) is 15.6 Å². The first-order chi connectivity index (χ1) is 9.65. The maximum Gasteiger partial charge on any atom is 0.137 e. The van der Waals surface area contributed by atoms with E-state index in [9.17, 15) is 4.39 Å². The zero-order chi connectivity index (χ0) is 14.1. The molecule has 20 heavy (non-hydrogen) atoms. The summed E-state index contributed by atoms with van der Waals surface area (Å²) in [6, 6.07) is 15.3. The number of halogens is 2. The molecule has 0 fully saturated rings. The van der Waals surface area contributed by atoms with Crippen molar-refractivity contribution in [1.82, 2.24) is 0 Å². The number of fused-ring (bicyclic) bond motifs is 1. The highest BCUT2D eigenvalue weighted by atomic mass is 79.9. The van der Waals surface area contributed by atoms with Crippen LogP contribution < -0.4 is 5.73 Å². The van der Waals surface area contributed by atoms with Gasteiger partial charge in [0.15, 0.2) is 0 Å². The van der Waals surface area contributed by atoms with E-state index in [0.717, 1.165) is 10.4 Å². The number of nitrogens with two attached hydrogens (primary N) is 1. The molecule has 0 aliphatic heterocycles. The van der Waals surface area contributed by atoms with E-state index in [4.69, 9.17) is 5.73 Å². The molecule has 0 spiro atoms. The molecule has 102 valence electrons. The Morgan fingerprint density at radius 3 is 2.75 bits per heavy atom. The molecule has 0 saturated heterocycles. The van der Waals surface area contributed by atoms with Crippen molar-refractivity contribution in [1.29, 1.82) is 0 Å². The highest BCUT2D eigenvalue weighted by molar-refractivity contribution is 9.10. The van der Waals surface area contributed by atoms with Gasteiger partial charge in [-0.25, -0.2) is 4.39 Å². The van der Waals surface area contributed by atoms with Gasteiger partial charge in [0.2, 0.25) is 0 Å². The monoisotopic (exact) mass is 349 g/mol. The van der Waals surface area contributed by atoms with Crippen LogP contribution in [0, 0.1) is 5.82 Å². The van der Waals surface area contributed by atoms with Crippen molar-refractivity contribution in [2.75, 3.05) is 0 Å². The molecule has 0 aliphatic rings. The van der Waals surface area contributed by atoms with Gasteiger partial charge < -0.3 is 5.73 Å². The van der Waals surface area contributed by atoms with Crippen LogP contribution in [0.1, 0.15) is 16.5 Å². The van der Waals surface area contributed by atoms with E-state index < -0.39 is 0 Å². The van der Waals surface area contributed by atoms with Gasteiger partial charge >= 0.3 is 0 Å². The third-order valence-electron chi connectivity index (χ3n) is 3.28. The average Bonchev–Trinajstić information content (AvgIpc) is 2.88. The Kier molecular flexibility index (Phi) is 3.87. The molecule has 4 heteroatoms. The molecule has 3 aromatic rings. The predicted molar refractivity (Wildman–Crippen MR) is 86.6 cm³/mol. The van der Waals surface area contributed by atoms with Gasteiger partial charge in [-0.2, -0.15) is 0 Å². The Morgan fingerprint density at radius 1 is 1.15 bits per heavy atom. The first kappa shape index (κ1) is 13.7. The second kappa shape index (κ2) is 5.64. The fourth-order valence-electron chi connectivity index (χ4n) is 2.23. The van der Waals surface area contributed by atoms with Gasteiger partial charge in [-0.3, -0.25) is 0 Å². The van der Waals surface area contributed by atoms with E-state index in [1.165, 1.54) is 16.2 Å². The lowest BCUT2D eigenvalue weighted by molar-refractivity contribution is 0.614. The van der Waals surface area contributed by atoms with Crippen molar-refractivity contribution >= 4 is 37.4 Å². The molecule has 1 aromatic heterocycles. The minimum absolute atomic E-state index is 0.120. The van der Waals surface area contributed by atoms with Crippen LogP contribution in [0.4, 0.5) is 4.39 Å². The maximum absolute atomic E-state index is 13.5. The highest BCUT2D eigenvalue weighted by Gasteiger charge is 2.14. The fourth-order valence-corrected chi connectivity index (χ4v) is 3.72. The number of hydrogen-bond donors (Lipinski definition) is 1. The van der Waals surface area contributed by atoms with Crippen LogP contribution in [0.2, 0.25) is 0 Å². The second-order valence-electron chi connectivity index (χ2n) is 4.71. The van der Waals surface area contributed by atoms with Crippen LogP contribution in [0.15, 0.2) is 53.0 Å². The van der Waals surface area contributed by atoms with Crippen LogP contribution in [-0.4, -0.2) is 0 Å². The summed E-state index contributed by atoms with van der Waals surface area (Å²) in [5.74, 6) is -0.244. The summed E-state index contributed by atoms with van der Waals surface area (Å²) in [6.07, 6.45) is 0.616. The van der Waals surface area contributed by atoms with Crippen molar-refractivity contribution in [3.63, 3.8) is 0 Å². The summed E-state index contributed by atoms with van der Waals surface area (Å²) in [5, 5.41) is 1.21. The largest absolute Gasteiger partial charge is 0.323 e. The van der Waals surface area contributed by atoms with E-state index >= 15 is 0 Å². The quantitative estimate of drug-likeness (QED) is 0.703. The molecule has 1 heterocycles. The lowest BCUT2D eigenvalue weighted by Crippen LogP contribution is -2.12. The Labute approximate surface area is 129 Å². The average molecular weight is 350 g/mol. The number of rotatable bonds is 3. The van der Waals surface area contributed by atoms with Crippen LogP contribution in [0.5, 0.6) is 0 Å². The third-order valence-corrected chi connectivity index (χ3v) is 5.42. The second-order valence-corrected chi connectivity index (χ2v) is 6.62. The van der Waals surface area contributed by atoms with Gasteiger partial charge in [-0.1, -0.05) is 30.3 Å². The zero-order valence-corrected chi connectivity index (χ0v) is 13.0. The Morgan fingerprint density at radius 2 is 1.95 bits per heavy atom. The van der Waals surface area contributed by atoms with Gasteiger partial charge in [-0.15, -0.1) is 11.3 Å². The normalized spacial score (nSPS) is 12.8. The van der Waals surface area contributed by atoms with E-state index in [1.807, 2.05) is 18.2 Å². The summed E-state index contributed by atoms with van der Waals surface area (Å²) in [7, 11) is 0. The molecule has 0 aliphatic carbocycles. The summed E-state index contributed by atoms with van der Waals surface area (Å²) in [5.41, 5.74) is 7.18. The predicted octanol–water partition coefficient (Wildman–Crippen LogP) is 5.05. The van der Waals surface area contributed by atoms with Crippen molar-refractivity contribution in [3.8, 4) is 0 Å². The van der Waals surface area contributed by atoms with E-state index in [-0.39, 0.29) is 11.9 Å². The topological polar surface area (TPSA) is 26.0 Å². The Hall–Kier alpha value is -1.23. The number of hydrogen-bond acceptors (Lipinski definition) is 2. The van der Waals surface area contributed by atoms with Crippen LogP contribution in [-0.2, 0) is 6.42 Å². The molecule has 0 amide bonds. The van der Waals surface area contributed by atoms with Crippen LogP contribution >= 0.6 is 27.3 Å². The lowest BCUT2D eigenvalue weighted by Gasteiger charge is -2.11. The van der Waals surface area contributed by atoms with Crippen molar-refractivity contribution in [2.45, 2.75) is 12.5 Å². The van der Waals surface area contributed by atoms with Crippen LogP contribution in [0.3, 0.4) is 0 Å². The minimum atomic E-state index is -0.244. The molecular formula is C16H13BrFNS. The van der Waals surface area contributed by atoms with Gasteiger partial charge in [0.25, 0.3) is 0 Å². The van der Waals surface area contributed by atoms with Gasteiger partial charge in [-0.05, 0) is 51.5 Å². The van der Waals surface area contributed by atoms with Crippen LogP contribution in [0.25, 0.3) is 10.1 Å². The summed E-state index contributed by atoms with van der Waals surface area (Å²) < 4.78 is 15.3. The molecule has 1 nitrogen and oxygen atoms in total. The lowest BCUT2D eigenvalue weighted by atomic mass is 10.0. The zero-order valence-electron chi connectivity index (χ0n) is 10.6. The van der Waals surface area contributed by atoms with E-state index in [1.54, 1.807) is 17.4 Å². The first-order valence-corrected chi connectivity index (χ1v) is 7.93. The maximum atomic E-state index is 13.5. The molecule has 2 N–H and O–H groups in total. The SMILES string of the molecule is NC(Cc1cccc(F)c1Br)c1cc2ccccc2s1. The third kappa shape index (κ3) is 2.64. The van der Waals surface area contributed by atoms with Crippen molar-refractivity contribution in [2.24, 2.45) is 5.73 Å². The highest BCUT2D eigenvalue weighted by Crippen LogP contribution is 2.31. The summed E-state index contributed by atoms with van der Waals surface area (Å²) in [4.78, 5) is 1.13. The fraction of sp³-hybridized carbons (Fsp3) is 0.125. The summed E-state index contributed by atoms with van der Waals surface area (Å²) >= 11 is 4.99. The molecule has 0 radical (unpaired) electrons. The number of thiophene rings is 1. The number of benzene rings is 2. The first-order valence-electron chi connectivity index (χ1n) is 6.32. The van der Waals surface area contributed by atoms with E-state index in [2.05, 4.69) is 34.1 Å². The van der Waals surface area contributed by atoms with Crippen molar-refractivity contribution < 1.29 is 4.39 Å². The minimum Gasteiger partial charge on any atom is -0.323 e. The summed E-state index contributed by atoms with van der Waals surface area (Å²) in [6.45, 7) is 0. The van der Waals surface area contributed by atoms with Gasteiger partial charge in [0.05, 0.1) is 4.47 Å². The smallest absolute Gasteiger partial charge is 0.137 e. The molecule has 1 unspecified atom stereocenters. The van der Waals surface area contributed by atoms with Crippen molar-refractivity contribution in [3.05, 3.63) is 69.3 Å². The van der Waals surface area contributed by atoms with Gasteiger partial charge in [0.1, 0.15) is 5.82 Å².